The third-order valence-electron chi connectivity index (χ3n) is 3.40. The number of aromatic nitrogens is 1. The summed E-state index contributed by atoms with van der Waals surface area (Å²) in [6.45, 7) is 5.37. The van der Waals surface area contributed by atoms with Crippen LogP contribution in [0.2, 0.25) is 0 Å². The predicted molar refractivity (Wildman–Crippen MR) is 70.2 cm³/mol. The number of benzene rings is 1. The number of nitrogens with one attached hydrogen (secondary N) is 1. The number of hydrogen-bond acceptors (Lipinski definition) is 2. The van der Waals surface area contributed by atoms with Crippen molar-refractivity contribution in [2.24, 2.45) is 0 Å². The Balaban J connectivity index is 2.74. The molecule has 0 aliphatic carbocycles. The van der Waals surface area contributed by atoms with Crippen LogP contribution in [0.1, 0.15) is 25.0 Å². The molecule has 4 nitrogen and oxygen atoms in total. The van der Waals surface area contributed by atoms with E-state index in [4.69, 9.17) is 4.74 Å². The zero-order valence-electron chi connectivity index (χ0n) is 11.0. The van der Waals surface area contributed by atoms with E-state index in [0.717, 1.165) is 27.8 Å². The monoisotopic (exact) mass is 247 g/mol. The van der Waals surface area contributed by atoms with Crippen LogP contribution in [-0.2, 0) is 10.2 Å². The van der Waals surface area contributed by atoms with E-state index in [1.165, 1.54) is 0 Å². The number of hydrogen-bond donors (Lipinski definition) is 2. The molecule has 1 aromatic carbocycles. The Bertz CT molecular complexity index is 611. The third-order valence-corrected chi connectivity index (χ3v) is 3.40. The first-order valence-corrected chi connectivity index (χ1v) is 5.77. The number of carboxylic acids is 1. The van der Waals surface area contributed by atoms with Gasteiger partial charge in [-0.05, 0) is 44.0 Å². The van der Waals surface area contributed by atoms with Crippen molar-refractivity contribution < 1.29 is 14.6 Å². The van der Waals surface area contributed by atoms with Crippen LogP contribution in [0, 0.1) is 6.92 Å². The molecule has 0 saturated heterocycles. The molecule has 0 saturated carbocycles. The van der Waals surface area contributed by atoms with Gasteiger partial charge >= 0.3 is 5.97 Å². The molecule has 2 N–H and O–H groups in total. The van der Waals surface area contributed by atoms with E-state index in [2.05, 4.69) is 4.98 Å². The summed E-state index contributed by atoms with van der Waals surface area (Å²) in [6, 6.07) is 3.80. The minimum absolute atomic E-state index is 0.738. The van der Waals surface area contributed by atoms with E-state index in [1.54, 1.807) is 27.2 Å². The molecule has 0 bridgehead atoms. The van der Waals surface area contributed by atoms with Crippen LogP contribution in [0.3, 0.4) is 0 Å². The molecular formula is C14H17NO3. The van der Waals surface area contributed by atoms with Crippen LogP contribution in [-0.4, -0.2) is 23.2 Å². The van der Waals surface area contributed by atoms with Crippen LogP contribution in [0.5, 0.6) is 5.75 Å². The fourth-order valence-electron chi connectivity index (χ4n) is 2.13. The SMILES string of the molecule is COc1cc(C)c2[nH]cc(C(C)(C)C(=O)O)c2c1. The van der Waals surface area contributed by atoms with Gasteiger partial charge in [-0.3, -0.25) is 4.79 Å². The summed E-state index contributed by atoms with van der Waals surface area (Å²) in [5.41, 5.74) is 1.83. The molecule has 0 aliphatic heterocycles. The second-order valence-electron chi connectivity index (χ2n) is 5.00. The van der Waals surface area contributed by atoms with Crippen molar-refractivity contribution in [2.75, 3.05) is 7.11 Å². The largest absolute Gasteiger partial charge is 0.497 e. The second kappa shape index (κ2) is 4.05. The first-order valence-electron chi connectivity index (χ1n) is 5.77. The Kier molecular flexibility index (Phi) is 2.81. The summed E-state index contributed by atoms with van der Waals surface area (Å²) in [7, 11) is 1.61. The Hall–Kier alpha value is -1.97. The fourth-order valence-corrected chi connectivity index (χ4v) is 2.13. The quantitative estimate of drug-likeness (QED) is 0.876. The molecule has 18 heavy (non-hydrogen) atoms. The van der Waals surface area contributed by atoms with Crippen LogP contribution >= 0.6 is 0 Å². The number of aromatic amines is 1. The molecular weight excluding hydrogens is 230 g/mol. The summed E-state index contributed by atoms with van der Waals surface area (Å²) < 4.78 is 5.24. The van der Waals surface area contributed by atoms with Gasteiger partial charge in [0.2, 0.25) is 0 Å². The van der Waals surface area contributed by atoms with Crippen LogP contribution < -0.4 is 4.74 Å². The summed E-state index contributed by atoms with van der Waals surface area (Å²) in [4.78, 5) is 14.5. The Morgan fingerprint density at radius 3 is 2.61 bits per heavy atom. The van der Waals surface area contributed by atoms with Gasteiger partial charge in [0.1, 0.15) is 5.75 Å². The maximum absolute atomic E-state index is 11.4. The lowest BCUT2D eigenvalue weighted by molar-refractivity contribution is -0.142. The van der Waals surface area contributed by atoms with E-state index in [0.29, 0.717) is 0 Å². The maximum Gasteiger partial charge on any atom is 0.313 e. The summed E-state index contributed by atoms with van der Waals surface area (Å²) in [5, 5.41) is 10.2. The van der Waals surface area contributed by atoms with E-state index >= 15 is 0 Å². The highest BCUT2D eigenvalue weighted by atomic mass is 16.5. The molecule has 0 unspecified atom stereocenters. The van der Waals surface area contributed by atoms with Gasteiger partial charge in [0.25, 0.3) is 0 Å². The van der Waals surface area contributed by atoms with Crippen molar-refractivity contribution in [3.05, 3.63) is 29.5 Å². The fraction of sp³-hybridized carbons (Fsp3) is 0.357. The zero-order chi connectivity index (χ0) is 13.5. The summed E-state index contributed by atoms with van der Waals surface area (Å²) in [6.07, 6.45) is 1.77. The Morgan fingerprint density at radius 2 is 2.06 bits per heavy atom. The van der Waals surface area contributed by atoms with Gasteiger partial charge in [-0.2, -0.15) is 0 Å². The summed E-state index contributed by atoms with van der Waals surface area (Å²) in [5.74, 6) is -0.106. The van der Waals surface area contributed by atoms with Crippen LogP contribution in [0.25, 0.3) is 10.9 Å². The number of aryl methyl sites for hydroxylation is 1. The van der Waals surface area contributed by atoms with Gasteiger partial charge in [0.05, 0.1) is 12.5 Å². The van der Waals surface area contributed by atoms with E-state index in [1.807, 2.05) is 19.1 Å². The van der Waals surface area contributed by atoms with Crippen molar-refractivity contribution in [3.63, 3.8) is 0 Å². The van der Waals surface area contributed by atoms with Crippen molar-refractivity contribution >= 4 is 16.9 Å². The third kappa shape index (κ3) is 1.74. The molecule has 1 aromatic heterocycles. The van der Waals surface area contributed by atoms with Gasteiger partial charge in [-0.25, -0.2) is 0 Å². The lowest BCUT2D eigenvalue weighted by Crippen LogP contribution is -2.28. The predicted octanol–water partition coefficient (Wildman–Crippen LogP) is 2.85. The molecule has 2 aromatic rings. The topological polar surface area (TPSA) is 62.3 Å². The van der Waals surface area contributed by atoms with Crippen molar-refractivity contribution in [1.29, 1.82) is 0 Å². The number of aliphatic carboxylic acids is 1. The lowest BCUT2D eigenvalue weighted by atomic mass is 9.84. The normalized spacial score (nSPS) is 11.8. The number of methoxy groups -OCH3 is 1. The zero-order valence-corrected chi connectivity index (χ0v) is 11.0. The Morgan fingerprint density at radius 1 is 1.39 bits per heavy atom. The van der Waals surface area contributed by atoms with Gasteiger partial charge in [0, 0.05) is 17.1 Å². The van der Waals surface area contributed by atoms with E-state index < -0.39 is 11.4 Å². The average Bonchev–Trinajstić information content (AvgIpc) is 2.73. The van der Waals surface area contributed by atoms with Crippen molar-refractivity contribution in [3.8, 4) is 5.75 Å². The van der Waals surface area contributed by atoms with Gasteiger partial charge in [-0.1, -0.05) is 0 Å². The second-order valence-corrected chi connectivity index (χ2v) is 5.00. The molecule has 2 rings (SSSR count). The highest BCUT2D eigenvalue weighted by molar-refractivity contribution is 5.93. The average molecular weight is 247 g/mol. The lowest BCUT2D eigenvalue weighted by Gasteiger charge is -2.18. The van der Waals surface area contributed by atoms with Crippen LogP contribution in [0.15, 0.2) is 18.3 Å². The first kappa shape index (κ1) is 12.5. The highest BCUT2D eigenvalue weighted by Crippen LogP contribution is 2.34. The van der Waals surface area contributed by atoms with E-state index in [-0.39, 0.29) is 0 Å². The number of fused-ring (bicyclic) bond motifs is 1. The molecule has 4 heteroatoms. The molecule has 0 fully saturated rings. The van der Waals surface area contributed by atoms with E-state index in [9.17, 15) is 9.90 Å². The molecule has 0 spiro atoms. The summed E-state index contributed by atoms with van der Waals surface area (Å²) >= 11 is 0. The van der Waals surface area contributed by atoms with Crippen molar-refractivity contribution in [2.45, 2.75) is 26.2 Å². The van der Waals surface area contributed by atoms with Crippen molar-refractivity contribution in [1.82, 2.24) is 4.98 Å². The number of carbonyl (C=O) groups is 1. The van der Waals surface area contributed by atoms with Gasteiger partial charge < -0.3 is 14.8 Å². The number of rotatable bonds is 3. The maximum atomic E-state index is 11.4. The number of H-pyrrole nitrogens is 1. The minimum Gasteiger partial charge on any atom is -0.497 e. The molecule has 0 aliphatic rings. The number of carboxylic acid groups (broad SMARTS) is 1. The number of ether oxygens (including phenoxy) is 1. The minimum atomic E-state index is -0.933. The molecule has 0 atom stereocenters. The molecule has 0 radical (unpaired) electrons. The molecule has 1 heterocycles. The smallest absolute Gasteiger partial charge is 0.313 e. The highest BCUT2D eigenvalue weighted by Gasteiger charge is 2.32. The van der Waals surface area contributed by atoms with Crippen LogP contribution in [0.4, 0.5) is 0 Å². The van der Waals surface area contributed by atoms with Gasteiger partial charge in [-0.15, -0.1) is 0 Å². The molecule has 0 amide bonds. The standard InChI is InChI=1S/C14H17NO3/c1-8-5-9(18-4)6-10-11(7-15-12(8)10)14(2,3)13(16)17/h5-7,15H,1-4H3,(H,16,17). The first-order chi connectivity index (χ1) is 8.37. The molecule has 96 valence electrons. The Labute approximate surface area is 106 Å². The van der Waals surface area contributed by atoms with Gasteiger partial charge in [0.15, 0.2) is 0 Å².